The number of carbonyl (C=O) groups excluding carboxylic acids is 1. The van der Waals surface area contributed by atoms with Gasteiger partial charge in [-0.3, -0.25) is 9.69 Å². The Kier molecular flexibility index (Phi) is 5.16. The molecule has 0 aromatic heterocycles. The van der Waals surface area contributed by atoms with Crippen LogP contribution in [0.5, 0.6) is 11.5 Å². The van der Waals surface area contributed by atoms with Crippen molar-refractivity contribution in [3.8, 4) is 11.5 Å². The lowest BCUT2D eigenvalue weighted by Crippen LogP contribution is -2.30. The molecule has 0 saturated carbocycles. The highest BCUT2D eigenvalue weighted by molar-refractivity contribution is 14.1. The Bertz CT molecular complexity index is 900. The number of halogens is 2. The minimum Gasteiger partial charge on any atom is -0.504 e. The molecular weight excluding hydrogens is 475 g/mol. The van der Waals surface area contributed by atoms with E-state index in [0.29, 0.717) is 36.4 Å². The molecule has 2 aromatic rings. The Labute approximate surface area is 168 Å². The van der Waals surface area contributed by atoms with Crippen LogP contribution in [0, 0.1) is 3.57 Å². The molecule has 1 fully saturated rings. The smallest absolute Gasteiger partial charge is 0.281 e. The molecule has 0 radical (unpaired) electrons. The molecule has 1 aliphatic heterocycles. The van der Waals surface area contributed by atoms with Crippen molar-refractivity contribution in [1.29, 1.82) is 0 Å². The molecule has 1 amide bonds. The molecule has 0 bridgehead atoms. The topological polar surface area (TPSA) is 61.8 Å². The predicted molar refractivity (Wildman–Crippen MR) is 110 cm³/mol. The predicted octanol–water partition coefficient (Wildman–Crippen LogP) is 3.92. The summed E-state index contributed by atoms with van der Waals surface area (Å²) in [6.07, 6.45) is 1.66. The first-order valence-electron chi connectivity index (χ1n) is 7.10. The van der Waals surface area contributed by atoms with Crippen LogP contribution in [0.1, 0.15) is 5.56 Å². The number of carbonyl (C=O) groups is 1. The lowest BCUT2D eigenvalue weighted by molar-refractivity contribution is -0.113. The zero-order valence-corrected chi connectivity index (χ0v) is 16.6. The van der Waals surface area contributed by atoms with E-state index < -0.39 is 0 Å². The first-order chi connectivity index (χ1) is 11.9. The lowest BCUT2D eigenvalue weighted by atomic mass is 10.1. The summed E-state index contributed by atoms with van der Waals surface area (Å²) in [5.41, 5.74) is 1.67. The highest BCUT2D eigenvalue weighted by atomic mass is 127. The minimum absolute atomic E-state index is 0.0641. The summed E-state index contributed by atoms with van der Waals surface area (Å²) >= 11 is 13.2. The second-order valence-electron chi connectivity index (χ2n) is 5.16. The molecule has 1 aliphatic rings. The molecule has 25 heavy (non-hydrogen) atoms. The minimum atomic E-state index is -0.269. The first kappa shape index (κ1) is 18.0. The Morgan fingerprint density at radius 3 is 2.64 bits per heavy atom. The van der Waals surface area contributed by atoms with Crippen molar-refractivity contribution in [2.24, 2.45) is 0 Å². The van der Waals surface area contributed by atoms with Crippen LogP contribution < -0.4 is 15.0 Å². The van der Waals surface area contributed by atoms with Crippen LogP contribution in [-0.4, -0.2) is 23.2 Å². The van der Waals surface area contributed by atoms with Gasteiger partial charge < -0.3 is 15.2 Å². The fraction of sp³-hybridized carbons (Fsp3) is 0.0588. The molecule has 8 heteroatoms. The van der Waals surface area contributed by atoms with E-state index in [1.54, 1.807) is 42.5 Å². The van der Waals surface area contributed by atoms with E-state index >= 15 is 0 Å². The molecule has 0 aliphatic carbocycles. The Hall–Kier alpha value is -1.84. The molecule has 0 spiro atoms. The average molecular weight is 487 g/mol. The molecule has 1 heterocycles. The SMILES string of the molecule is COc1cc(/C=C2\NC(=S)N(c3ccc(Cl)cc3)C2=O)cc(I)c1O. The zero-order chi connectivity index (χ0) is 18.1. The van der Waals surface area contributed by atoms with E-state index in [1.807, 2.05) is 22.6 Å². The Morgan fingerprint density at radius 1 is 1.32 bits per heavy atom. The summed E-state index contributed by atoms with van der Waals surface area (Å²) in [5, 5.41) is 13.7. The van der Waals surface area contributed by atoms with Gasteiger partial charge in [-0.15, -0.1) is 0 Å². The molecule has 5 nitrogen and oxygen atoms in total. The van der Waals surface area contributed by atoms with Gasteiger partial charge in [-0.1, -0.05) is 11.6 Å². The molecule has 3 rings (SSSR count). The number of methoxy groups -OCH3 is 1. The quantitative estimate of drug-likeness (QED) is 0.391. The molecule has 128 valence electrons. The zero-order valence-electron chi connectivity index (χ0n) is 12.9. The third kappa shape index (κ3) is 3.58. The van der Waals surface area contributed by atoms with Gasteiger partial charge in [-0.05, 0) is 82.8 Å². The van der Waals surface area contributed by atoms with E-state index in [9.17, 15) is 9.90 Å². The second-order valence-corrected chi connectivity index (χ2v) is 7.14. The van der Waals surface area contributed by atoms with Crippen LogP contribution in [0.2, 0.25) is 5.02 Å². The van der Waals surface area contributed by atoms with E-state index in [0.717, 1.165) is 0 Å². The molecular formula is C17H12ClIN2O3S. The van der Waals surface area contributed by atoms with Crippen LogP contribution in [0.3, 0.4) is 0 Å². The third-order valence-corrected chi connectivity index (χ3v) is 4.90. The molecule has 2 aromatic carbocycles. The summed E-state index contributed by atoms with van der Waals surface area (Å²) in [7, 11) is 1.47. The van der Waals surface area contributed by atoms with Crippen molar-refractivity contribution in [2.75, 3.05) is 12.0 Å². The number of thiocarbonyl (C=S) groups is 1. The van der Waals surface area contributed by atoms with Crippen molar-refractivity contribution in [3.63, 3.8) is 0 Å². The summed E-state index contributed by atoms with van der Waals surface area (Å²) in [5.74, 6) is 0.130. The van der Waals surface area contributed by atoms with Gasteiger partial charge in [0, 0.05) is 5.02 Å². The monoisotopic (exact) mass is 486 g/mol. The van der Waals surface area contributed by atoms with Gasteiger partial charge in [0.1, 0.15) is 5.70 Å². The fourth-order valence-electron chi connectivity index (χ4n) is 2.36. The third-order valence-electron chi connectivity index (χ3n) is 3.54. The van der Waals surface area contributed by atoms with Crippen LogP contribution in [-0.2, 0) is 4.79 Å². The largest absolute Gasteiger partial charge is 0.504 e. The van der Waals surface area contributed by atoms with Crippen molar-refractivity contribution in [3.05, 3.63) is 56.3 Å². The van der Waals surface area contributed by atoms with Crippen LogP contribution in [0.4, 0.5) is 5.69 Å². The standard InChI is InChI=1S/C17H12ClIN2O3S/c1-24-14-8-9(6-12(19)15(14)22)7-13-16(23)21(17(25)20-13)11-4-2-10(18)3-5-11/h2-8,22H,1H3,(H,20,25)/b13-7-. The second kappa shape index (κ2) is 7.19. The van der Waals surface area contributed by atoms with Crippen LogP contribution in [0.25, 0.3) is 6.08 Å². The van der Waals surface area contributed by atoms with Crippen LogP contribution in [0.15, 0.2) is 42.1 Å². The number of rotatable bonds is 3. The van der Waals surface area contributed by atoms with Gasteiger partial charge >= 0.3 is 0 Å². The van der Waals surface area contributed by atoms with E-state index in [2.05, 4.69) is 5.32 Å². The summed E-state index contributed by atoms with van der Waals surface area (Å²) in [6, 6.07) is 10.2. The number of nitrogens with zero attached hydrogens (tertiary/aromatic N) is 1. The maximum absolute atomic E-state index is 12.7. The summed E-state index contributed by atoms with van der Waals surface area (Å²) in [6.45, 7) is 0. The van der Waals surface area contributed by atoms with Gasteiger partial charge in [0.25, 0.3) is 5.91 Å². The number of phenols is 1. The number of nitrogens with one attached hydrogen (secondary N) is 1. The van der Waals surface area contributed by atoms with E-state index in [1.165, 1.54) is 12.0 Å². The number of amides is 1. The van der Waals surface area contributed by atoms with Gasteiger partial charge in [-0.25, -0.2) is 0 Å². The number of ether oxygens (including phenoxy) is 1. The molecule has 0 unspecified atom stereocenters. The van der Waals surface area contributed by atoms with Gasteiger partial charge in [0.05, 0.1) is 16.4 Å². The van der Waals surface area contributed by atoms with Gasteiger partial charge in [0.15, 0.2) is 16.6 Å². The van der Waals surface area contributed by atoms with Gasteiger partial charge in [0.2, 0.25) is 0 Å². The maximum Gasteiger partial charge on any atom is 0.281 e. The van der Waals surface area contributed by atoms with Crippen molar-refractivity contribution >= 4 is 69.2 Å². The number of hydrogen-bond donors (Lipinski definition) is 2. The molecule has 2 N–H and O–H groups in total. The van der Waals surface area contributed by atoms with E-state index in [4.69, 9.17) is 28.6 Å². The fourth-order valence-corrected chi connectivity index (χ4v) is 3.41. The number of benzene rings is 2. The lowest BCUT2D eigenvalue weighted by Gasteiger charge is -2.13. The normalized spacial score (nSPS) is 15.6. The Morgan fingerprint density at radius 2 is 2.00 bits per heavy atom. The van der Waals surface area contributed by atoms with E-state index in [-0.39, 0.29) is 11.7 Å². The van der Waals surface area contributed by atoms with Crippen molar-refractivity contribution < 1.29 is 14.6 Å². The number of hydrogen-bond acceptors (Lipinski definition) is 4. The highest BCUT2D eigenvalue weighted by Crippen LogP contribution is 2.33. The van der Waals surface area contributed by atoms with Crippen molar-refractivity contribution in [1.82, 2.24) is 5.32 Å². The number of anilines is 1. The summed E-state index contributed by atoms with van der Waals surface area (Å²) in [4.78, 5) is 14.1. The van der Waals surface area contributed by atoms with Crippen molar-refractivity contribution in [2.45, 2.75) is 0 Å². The molecule has 0 atom stereocenters. The summed E-state index contributed by atoms with van der Waals surface area (Å²) < 4.78 is 5.76. The molecule has 1 saturated heterocycles. The average Bonchev–Trinajstić information content (AvgIpc) is 2.85. The first-order valence-corrected chi connectivity index (χ1v) is 8.96. The number of phenolic OH excluding ortho intramolecular Hbond substituents is 1. The Balaban J connectivity index is 1.95. The maximum atomic E-state index is 12.7. The van der Waals surface area contributed by atoms with Gasteiger partial charge in [-0.2, -0.15) is 0 Å². The van der Waals surface area contributed by atoms with Crippen LogP contribution >= 0.6 is 46.4 Å². The highest BCUT2D eigenvalue weighted by Gasteiger charge is 2.32. The number of aromatic hydroxyl groups is 1.